The summed E-state index contributed by atoms with van der Waals surface area (Å²) in [6.07, 6.45) is -4.45. The molecule has 2 rings (SSSR count). The van der Waals surface area contributed by atoms with Crippen molar-refractivity contribution in [2.45, 2.75) is 6.18 Å². The molecule has 0 spiro atoms. The van der Waals surface area contributed by atoms with E-state index in [0.717, 1.165) is 0 Å². The molecule has 0 N–H and O–H groups in total. The lowest BCUT2D eigenvalue weighted by molar-refractivity contribution is -0.142. The minimum absolute atomic E-state index is 0.0290. The predicted molar refractivity (Wildman–Crippen MR) is 61.3 cm³/mol. The van der Waals surface area contributed by atoms with Gasteiger partial charge in [-0.3, -0.25) is 4.68 Å². The van der Waals surface area contributed by atoms with E-state index in [1.165, 1.54) is 11.7 Å². The Labute approximate surface area is 104 Å². The molecule has 17 heavy (non-hydrogen) atoms. The molecule has 0 unspecified atom stereocenters. The van der Waals surface area contributed by atoms with Crippen LogP contribution in [0.4, 0.5) is 13.2 Å². The highest BCUT2D eigenvalue weighted by Crippen LogP contribution is 2.39. The van der Waals surface area contributed by atoms with Crippen LogP contribution in [0.3, 0.4) is 0 Å². The molecule has 1 heterocycles. The van der Waals surface area contributed by atoms with E-state index in [2.05, 4.69) is 21.0 Å². The van der Waals surface area contributed by atoms with Crippen LogP contribution < -0.4 is 0 Å². The first-order valence-electron chi connectivity index (χ1n) is 4.76. The molecule has 0 saturated carbocycles. The van der Waals surface area contributed by atoms with Crippen LogP contribution in [0.1, 0.15) is 5.69 Å². The summed E-state index contributed by atoms with van der Waals surface area (Å²) in [5.41, 5.74) is 0.196. The molecule has 90 valence electrons. The third-order valence-corrected chi connectivity index (χ3v) is 3.06. The quantitative estimate of drug-likeness (QED) is 0.782. The number of hydrogen-bond acceptors (Lipinski definition) is 1. The zero-order chi connectivity index (χ0) is 12.6. The van der Waals surface area contributed by atoms with Gasteiger partial charge in [0.2, 0.25) is 0 Å². The molecule has 0 bridgehead atoms. The maximum absolute atomic E-state index is 12.7. The number of benzene rings is 1. The molecule has 0 radical (unpaired) electrons. The summed E-state index contributed by atoms with van der Waals surface area (Å²) < 4.78 is 39.2. The lowest BCUT2D eigenvalue weighted by Gasteiger charge is -2.03. The van der Waals surface area contributed by atoms with E-state index in [1.54, 1.807) is 30.3 Å². The fourth-order valence-corrected chi connectivity index (χ4v) is 2.38. The molecule has 2 nitrogen and oxygen atoms in total. The fraction of sp³-hybridized carbons (Fsp3) is 0.182. The zero-order valence-electron chi connectivity index (χ0n) is 8.79. The third-order valence-electron chi connectivity index (χ3n) is 2.31. The van der Waals surface area contributed by atoms with E-state index in [4.69, 9.17) is 0 Å². The molecule has 0 aliphatic rings. The topological polar surface area (TPSA) is 17.8 Å². The molecular weight excluding hydrogens is 297 g/mol. The van der Waals surface area contributed by atoms with Gasteiger partial charge >= 0.3 is 6.18 Å². The van der Waals surface area contributed by atoms with Gasteiger partial charge in [0.15, 0.2) is 5.69 Å². The highest BCUT2D eigenvalue weighted by atomic mass is 79.9. The van der Waals surface area contributed by atoms with Crippen LogP contribution in [0.5, 0.6) is 0 Å². The molecule has 0 atom stereocenters. The smallest absolute Gasteiger partial charge is 0.266 e. The lowest BCUT2D eigenvalue weighted by atomic mass is 10.1. The van der Waals surface area contributed by atoms with Crippen molar-refractivity contribution in [3.63, 3.8) is 0 Å². The van der Waals surface area contributed by atoms with E-state index in [9.17, 15) is 13.2 Å². The molecule has 0 fully saturated rings. The van der Waals surface area contributed by atoms with Crippen molar-refractivity contribution >= 4 is 15.9 Å². The van der Waals surface area contributed by atoms with Gasteiger partial charge in [-0.15, -0.1) is 0 Å². The number of rotatable bonds is 1. The predicted octanol–water partition coefficient (Wildman–Crippen LogP) is 3.87. The molecule has 0 amide bonds. The SMILES string of the molecule is Cn1nc(C(F)(F)F)c(Br)c1-c1ccccc1. The van der Waals surface area contributed by atoms with Crippen molar-refractivity contribution in [2.24, 2.45) is 7.05 Å². The molecule has 1 aromatic heterocycles. The van der Waals surface area contributed by atoms with Gasteiger partial charge in [-0.25, -0.2) is 0 Å². The minimum atomic E-state index is -4.45. The first-order chi connectivity index (χ1) is 7.91. The van der Waals surface area contributed by atoms with Crippen LogP contribution in [0, 0.1) is 0 Å². The highest BCUT2D eigenvalue weighted by molar-refractivity contribution is 9.10. The number of aromatic nitrogens is 2. The Morgan fingerprint density at radius 2 is 1.76 bits per heavy atom. The Kier molecular flexibility index (Phi) is 2.99. The molecule has 1 aromatic carbocycles. The Hall–Kier alpha value is -1.30. The highest BCUT2D eigenvalue weighted by Gasteiger charge is 2.38. The molecular formula is C11H8BrF3N2. The van der Waals surface area contributed by atoms with Crippen LogP contribution in [0.2, 0.25) is 0 Å². The lowest BCUT2D eigenvalue weighted by Crippen LogP contribution is -2.07. The summed E-state index contributed by atoms with van der Waals surface area (Å²) in [7, 11) is 1.49. The largest absolute Gasteiger partial charge is 0.436 e. The average Bonchev–Trinajstić information content (AvgIpc) is 2.55. The van der Waals surface area contributed by atoms with Crippen molar-refractivity contribution in [1.82, 2.24) is 9.78 Å². The van der Waals surface area contributed by atoms with Gasteiger partial charge in [-0.05, 0) is 15.9 Å². The van der Waals surface area contributed by atoms with Crippen molar-refractivity contribution in [3.8, 4) is 11.3 Å². The van der Waals surface area contributed by atoms with E-state index in [1.807, 2.05) is 0 Å². The standard InChI is InChI=1S/C11H8BrF3N2/c1-17-9(7-5-3-2-4-6-7)8(12)10(16-17)11(13,14)15/h2-6H,1H3. The maximum atomic E-state index is 12.7. The van der Waals surface area contributed by atoms with Gasteiger partial charge in [0.05, 0.1) is 10.2 Å². The van der Waals surface area contributed by atoms with Crippen molar-refractivity contribution in [3.05, 3.63) is 40.5 Å². The second-order valence-electron chi connectivity index (χ2n) is 3.50. The second kappa shape index (κ2) is 4.18. The zero-order valence-corrected chi connectivity index (χ0v) is 10.4. The number of halogens is 4. The summed E-state index contributed by atoms with van der Waals surface area (Å²) in [5, 5.41) is 3.50. The van der Waals surface area contributed by atoms with Gasteiger partial charge < -0.3 is 0 Å². The van der Waals surface area contributed by atoms with Gasteiger partial charge in [0.1, 0.15) is 0 Å². The van der Waals surface area contributed by atoms with Gasteiger partial charge in [0, 0.05) is 12.6 Å². The molecule has 6 heteroatoms. The number of alkyl halides is 3. The first-order valence-corrected chi connectivity index (χ1v) is 5.55. The van der Waals surface area contributed by atoms with Crippen LogP contribution in [0.25, 0.3) is 11.3 Å². The summed E-state index contributed by atoms with van der Waals surface area (Å²) >= 11 is 2.97. The van der Waals surface area contributed by atoms with Gasteiger partial charge in [0.25, 0.3) is 0 Å². The Balaban J connectivity index is 2.61. The minimum Gasteiger partial charge on any atom is -0.266 e. The van der Waals surface area contributed by atoms with Gasteiger partial charge in [-0.2, -0.15) is 18.3 Å². The summed E-state index contributed by atoms with van der Waals surface area (Å²) in [4.78, 5) is 0. The van der Waals surface area contributed by atoms with Crippen molar-refractivity contribution in [1.29, 1.82) is 0 Å². The van der Waals surface area contributed by atoms with Crippen molar-refractivity contribution < 1.29 is 13.2 Å². The fourth-order valence-electron chi connectivity index (χ4n) is 1.59. The summed E-state index contributed by atoms with van der Waals surface area (Å²) in [6, 6.07) is 8.81. The van der Waals surface area contributed by atoms with Crippen molar-refractivity contribution in [2.75, 3.05) is 0 Å². The van der Waals surface area contributed by atoms with E-state index < -0.39 is 11.9 Å². The molecule has 0 saturated heterocycles. The second-order valence-corrected chi connectivity index (χ2v) is 4.29. The Morgan fingerprint density at radius 1 is 1.18 bits per heavy atom. The Bertz CT molecular complexity index is 532. The first kappa shape index (κ1) is 12.2. The molecule has 0 aliphatic heterocycles. The summed E-state index contributed by atoms with van der Waals surface area (Å²) in [5.74, 6) is 0. The number of aryl methyl sites for hydroxylation is 1. The van der Waals surface area contributed by atoms with Gasteiger partial charge in [-0.1, -0.05) is 30.3 Å². The summed E-state index contributed by atoms with van der Waals surface area (Å²) in [6.45, 7) is 0. The average molecular weight is 305 g/mol. The molecule has 2 aromatic rings. The Morgan fingerprint density at radius 3 is 2.24 bits per heavy atom. The van der Waals surface area contributed by atoms with E-state index >= 15 is 0 Å². The monoisotopic (exact) mass is 304 g/mol. The normalized spacial score (nSPS) is 11.8. The van der Waals surface area contributed by atoms with E-state index in [0.29, 0.717) is 11.3 Å². The van der Waals surface area contributed by atoms with Crippen LogP contribution in [0.15, 0.2) is 34.8 Å². The molecule has 0 aliphatic carbocycles. The maximum Gasteiger partial charge on any atom is 0.436 e. The van der Waals surface area contributed by atoms with Crippen LogP contribution in [-0.4, -0.2) is 9.78 Å². The van der Waals surface area contributed by atoms with Crippen LogP contribution >= 0.6 is 15.9 Å². The van der Waals surface area contributed by atoms with E-state index in [-0.39, 0.29) is 4.47 Å². The number of hydrogen-bond donors (Lipinski definition) is 0. The third kappa shape index (κ3) is 2.22. The van der Waals surface area contributed by atoms with Crippen LogP contribution in [-0.2, 0) is 13.2 Å². The number of nitrogens with zero attached hydrogens (tertiary/aromatic N) is 2.